The van der Waals surface area contributed by atoms with Crippen LogP contribution < -0.4 is 5.32 Å². The molecule has 0 aliphatic rings. The van der Waals surface area contributed by atoms with Crippen LogP contribution in [0.2, 0.25) is 5.02 Å². The molecule has 3 rings (SSSR count). The van der Waals surface area contributed by atoms with Crippen molar-refractivity contribution in [3.8, 4) is 0 Å². The summed E-state index contributed by atoms with van der Waals surface area (Å²) in [4.78, 5) is 25.0. The molecule has 0 saturated carbocycles. The second kappa shape index (κ2) is 9.53. The van der Waals surface area contributed by atoms with E-state index < -0.39 is 0 Å². The highest BCUT2D eigenvalue weighted by Gasteiger charge is 2.15. The van der Waals surface area contributed by atoms with Gasteiger partial charge in [0.1, 0.15) is 5.82 Å². The van der Waals surface area contributed by atoms with Crippen LogP contribution >= 0.6 is 23.4 Å². The highest BCUT2D eigenvalue weighted by atomic mass is 35.5. The number of nitrogens with one attached hydrogen (secondary N) is 1. The van der Waals surface area contributed by atoms with Crippen LogP contribution in [0, 0.1) is 5.82 Å². The van der Waals surface area contributed by atoms with Gasteiger partial charge in [0, 0.05) is 21.9 Å². The molecule has 0 spiro atoms. The number of carbonyl (C=O) groups excluding carboxylic acids is 2. The van der Waals surface area contributed by atoms with E-state index in [0.717, 1.165) is 0 Å². The van der Waals surface area contributed by atoms with Gasteiger partial charge in [-0.05, 0) is 29.8 Å². The molecular weight excluding hydrogens is 397 g/mol. The van der Waals surface area contributed by atoms with E-state index in [1.54, 1.807) is 60.7 Å². The highest BCUT2D eigenvalue weighted by Crippen LogP contribution is 2.22. The zero-order valence-electron chi connectivity index (χ0n) is 14.8. The summed E-state index contributed by atoms with van der Waals surface area (Å²) in [6, 6.07) is 20.3. The SMILES string of the molecule is O=C(CSCc1ccc(Cl)cc1F)Nc1ccccc1C(=O)c1ccccc1. The molecule has 1 amide bonds. The lowest BCUT2D eigenvalue weighted by Crippen LogP contribution is -2.17. The van der Waals surface area contributed by atoms with Gasteiger partial charge in [-0.3, -0.25) is 9.59 Å². The molecule has 0 aliphatic carbocycles. The van der Waals surface area contributed by atoms with Crippen LogP contribution in [-0.2, 0) is 10.5 Å². The molecule has 0 bridgehead atoms. The van der Waals surface area contributed by atoms with Gasteiger partial charge in [-0.15, -0.1) is 11.8 Å². The van der Waals surface area contributed by atoms with Crippen LogP contribution in [0.3, 0.4) is 0 Å². The number of thioether (sulfide) groups is 1. The summed E-state index contributed by atoms with van der Waals surface area (Å²) in [5, 5.41) is 3.11. The van der Waals surface area contributed by atoms with Crippen molar-refractivity contribution in [3.63, 3.8) is 0 Å². The van der Waals surface area contributed by atoms with Crippen LogP contribution in [0.5, 0.6) is 0 Å². The van der Waals surface area contributed by atoms with Crippen LogP contribution in [-0.4, -0.2) is 17.4 Å². The molecule has 0 unspecified atom stereocenters. The number of hydrogen-bond donors (Lipinski definition) is 1. The number of amides is 1. The van der Waals surface area contributed by atoms with Gasteiger partial charge in [-0.25, -0.2) is 4.39 Å². The van der Waals surface area contributed by atoms with Crippen molar-refractivity contribution in [2.24, 2.45) is 0 Å². The largest absolute Gasteiger partial charge is 0.325 e. The van der Waals surface area contributed by atoms with Crippen molar-refractivity contribution in [2.75, 3.05) is 11.1 Å². The zero-order chi connectivity index (χ0) is 19.9. The maximum atomic E-state index is 13.8. The number of anilines is 1. The average molecular weight is 414 g/mol. The molecule has 3 nitrogen and oxygen atoms in total. The molecule has 3 aromatic rings. The van der Waals surface area contributed by atoms with Gasteiger partial charge in [0.15, 0.2) is 5.78 Å². The monoisotopic (exact) mass is 413 g/mol. The number of hydrogen-bond acceptors (Lipinski definition) is 3. The second-order valence-electron chi connectivity index (χ2n) is 6.02. The fourth-order valence-corrected chi connectivity index (χ4v) is 3.59. The summed E-state index contributed by atoms with van der Waals surface area (Å²) < 4.78 is 13.8. The minimum atomic E-state index is -0.390. The lowest BCUT2D eigenvalue weighted by atomic mass is 10.0. The smallest absolute Gasteiger partial charge is 0.234 e. The molecular formula is C22H17ClFNO2S. The van der Waals surface area contributed by atoms with Gasteiger partial charge in [0.05, 0.1) is 11.4 Å². The summed E-state index contributed by atoms with van der Waals surface area (Å²) >= 11 is 7.02. The van der Waals surface area contributed by atoms with Crippen LogP contribution in [0.15, 0.2) is 72.8 Å². The van der Waals surface area contributed by atoms with Crippen molar-refractivity contribution in [2.45, 2.75) is 5.75 Å². The molecule has 3 aromatic carbocycles. The summed E-state index contributed by atoms with van der Waals surface area (Å²) in [6.45, 7) is 0. The Labute approximate surface area is 171 Å². The topological polar surface area (TPSA) is 46.2 Å². The Kier molecular flexibility index (Phi) is 6.85. The second-order valence-corrected chi connectivity index (χ2v) is 7.44. The maximum absolute atomic E-state index is 13.8. The van der Waals surface area contributed by atoms with E-state index in [1.807, 2.05) is 6.07 Å². The van der Waals surface area contributed by atoms with E-state index in [9.17, 15) is 14.0 Å². The molecule has 1 N–H and O–H groups in total. The average Bonchev–Trinajstić information content (AvgIpc) is 2.70. The third kappa shape index (κ3) is 5.21. The first kappa shape index (κ1) is 20.1. The molecule has 0 aromatic heterocycles. The van der Waals surface area contributed by atoms with Crippen molar-refractivity contribution >= 4 is 40.7 Å². The summed E-state index contributed by atoms with van der Waals surface area (Å²) in [5.74, 6) is -0.323. The Bertz CT molecular complexity index is 995. The Morgan fingerprint density at radius 3 is 2.43 bits per heavy atom. The number of ketones is 1. The van der Waals surface area contributed by atoms with Crippen molar-refractivity contribution in [1.29, 1.82) is 0 Å². The van der Waals surface area contributed by atoms with E-state index in [0.29, 0.717) is 33.2 Å². The fourth-order valence-electron chi connectivity index (χ4n) is 2.61. The normalized spacial score (nSPS) is 10.5. The van der Waals surface area contributed by atoms with E-state index >= 15 is 0 Å². The van der Waals surface area contributed by atoms with Crippen LogP contribution in [0.25, 0.3) is 0 Å². The number of rotatable bonds is 7. The third-order valence-corrected chi connectivity index (χ3v) is 5.20. The van der Waals surface area contributed by atoms with Gasteiger partial charge in [-0.1, -0.05) is 60.1 Å². The Morgan fingerprint density at radius 1 is 0.964 bits per heavy atom. The lowest BCUT2D eigenvalue weighted by Gasteiger charge is -2.10. The molecule has 6 heteroatoms. The van der Waals surface area contributed by atoms with E-state index in [4.69, 9.17) is 11.6 Å². The quantitative estimate of drug-likeness (QED) is 0.514. The van der Waals surface area contributed by atoms with Gasteiger partial charge < -0.3 is 5.32 Å². The predicted octanol–water partition coefficient (Wildman–Crippen LogP) is 5.58. The van der Waals surface area contributed by atoms with Gasteiger partial charge in [0.2, 0.25) is 5.91 Å². The number of para-hydroxylation sites is 1. The molecule has 0 radical (unpaired) electrons. The van der Waals surface area contributed by atoms with E-state index in [1.165, 1.54) is 17.8 Å². The molecule has 0 aliphatic heterocycles. The molecule has 142 valence electrons. The number of halogens is 2. The third-order valence-electron chi connectivity index (χ3n) is 3.99. The maximum Gasteiger partial charge on any atom is 0.234 e. The summed E-state index contributed by atoms with van der Waals surface area (Å²) in [6.07, 6.45) is 0. The standard InChI is InChI=1S/C22H17ClFNO2S/c23-17-11-10-16(19(24)12-17)13-28-14-21(26)25-20-9-5-4-8-18(20)22(27)15-6-2-1-3-7-15/h1-12H,13-14H2,(H,25,26). The Morgan fingerprint density at radius 2 is 1.68 bits per heavy atom. The first-order valence-corrected chi connectivity index (χ1v) is 10.1. The lowest BCUT2D eigenvalue weighted by molar-refractivity contribution is -0.113. The predicted molar refractivity (Wildman–Crippen MR) is 113 cm³/mol. The zero-order valence-corrected chi connectivity index (χ0v) is 16.4. The number of benzene rings is 3. The number of carbonyl (C=O) groups is 2. The first-order chi connectivity index (χ1) is 13.5. The van der Waals surface area contributed by atoms with Gasteiger partial charge >= 0.3 is 0 Å². The van der Waals surface area contributed by atoms with Crippen molar-refractivity contribution < 1.29 is 14.0 Å². The highest BCUT2D eigenvalue weighted by molar-refractivity contribution is 7.99. The van der Waals surface area contributed by atoms with E-state index in [2.05, 4.69) is 5.32 Å². The molecule has 28 heavy (non-hydrogen) atoms. The Balaban J connectivity index is 1.62. The van der Waals surface area contributed by atoms with Crippen LogP contribution in [0.4, 0.5) is 10.1 Å². The Hall–Kier alpha value is -2.63. The molecule has 0 atom stereocenters. The van der Waals surface area contributed by atoms with Gasteiger partial charge in [-0.2, -0.15) is 0 Å². The fraction of sp³-hybridized carbons (Fsp3) is 0.0909. The summed E-state index contributed by atoms with van der Waals surface area (Å²) in [5.41, 5.74) is 1.93. The van der Waals surface area contributed by atoms with E-state index in [-0.39, 0.29) is 23.3 Å². The van der Waals surface area contributed by atoms with Gasteiger partial charge in [0.25, 0.3) is 0 Å². The minimum Gasteiger partial charge on any atom is -0.325 e. The molecule has 0 saturated heterocycles. The van der Waals surface area contributed by atoms with Crippen molar-refractivity contribution in [3.05, 3.63) is 100 Å². The molecule has 0 fully saturated rings. The van der Waals surface area contributed by atoms with Crippen LogP contribution in [0.1, 0.15) is 21.5 Å². The minimum absolute atomic E-state index is 0.135. The molecule has 0 heterocycles. The first-order valence-electron chi connectivity index (χ1n) is 8.55. The van der Waals surface area contributed by atoms with Crippen molar-refractivity contribution in [1.82, 2.24) is 0 Å². The summed E-state index contributed by atoms with van der Waals surface area (Å²) in [7, 11) is 0.